The van der Waals surface area contributed by atoms with Crippen LogP contribution >= 0.6 is 0 Å². The van der Waals surface area contributed by atoms with Crippen molar-refractivity contribution in [2.45, 2.75) is 13.8 Å². The molecule has 1 fully saturated rings. The maximum atomic E-state index is 13.8. The van der Waals surface area contributed by atoms with Crippen LogP contribution in [0.1, 0.15) is 27.3 Å². The molecule has 2 heterocycles. The molecule has 9 nitrogen and oxygen atoms in total. The summed E-state index contributed by atoms with van der Waals surface area (Å²) >= 11 is 0. The normalized spacial score (nSPS) is 14.2. The molecule has 10 heteroatoms. The second kappa shape index (κ2) is 9.87. The number of methoxy groups -OCH3 is 1. The molecule has 1 aliphatic rings. The predicted molar refractivity (Wildman–Crippen MR) is 130 cm³/mol. The summed E-state index contributed by atoms with van der Waals surface area (Å²) in [4.78, 5) is 50.0. The van der Waals surface area contributed by atoms with E-state index in [2.05, 4.69) is 10.6 Å². The third-order valence-corrected chi connectivity index (χ3v) is 5.73. The van der Waals surface area contributed by atoms with Crippen LogP contribution in [0.5, 0.6) is 0 Å². The zero-order valence-electron chi connectivity index (χ0n) is 19.8. The lowest BCUT2D eigenvalue weighted by Crippen LogP contribution is -2.38. The van der Waals surface area contributed by atoms with E-state index in [1.165, 1.54) is 31.4 Å². The van der Waals surface area contributed by atoms with Crippen molar-refractivity contribution in [1.82, 2.24) is 14.8 Å². The minimum Gasteiger partial charge on any atom is -0.465 e. The summed E-state index contributed by atoms with van der Waals surface area (Å²) in [6.45, 7) is 3.17. The van der Waals surface area contributed by atoms with Crippen molar-refractivity contribution in [3.63, 3.8) is 0 Å². The number of anilines is 1. The monoisotopic (exact) mass is 490 g/mol. The number of benzene rings is 2. The van der Waals surface area contributed by atoms with Gasteiger partial charge in [-0.2, -0.15) is 0 Å². The lowest BCUT2D eigenvalue weighted by Gasteiger charge is -2.12. The maximum absolute atomic E-state index is 13.8. The van der Waals surface area contributed by atoms with E-state index in [9.17, 15) is 23.6 Å². The van der Waals surface area contributed by atoms with Gasteiger partial charge in [-0.25, -0.2) is 18.9 Å². The van der Waals surface area contributed by atoms with Crippen molar-refractivity contribution in [2.24, 2.45) is 0 Å². The van der Waals surface area contributed by atoms with Gasteiger partial charge in [-0.05, 0) is 68.0 Å². The zero-order chi connectivity index (χ0) is 26.0. The van der Waals surface area contributed by atoms with Crippen molar-refractivity contribution < 1.29 is 28.3 Å². The molecule has 0 saturated carbocycles. The first-order valence-electron chi connectivity index (χ1n) is 11.0. The molecule has 1 saturated heterocycles. The Balaban J connectivity index is 1.53. The molecule has 4 rings (SSSR count). The number of hydrogen-bond donors (Lipinski definition) is 2. The fraction of sp³-hybridized carbons (Fsp3) is 0.154. The number of nitrogens with one attached hydrogen (secondary N) is 2. The van der Waals surface area contributed by atoms with Gasteiger partial charge in [0.2, 0.25) is 5.91 Å². The number of halogens is 1. The van der Waals surface area contributed by atoms with Gasteiger partial charge >= 0.3 is 12.0 Å². The Labute approximate surface area is 206 Å². The van der Waals surface area contributed by atoms with Crippen LogP contribution in [-0.2, 0) is 14.3 Å². The average Bonchev–Trinajstić information content (AvgIpc) is 3.29. The van der Waals surface area contributed by atoms with E-state index in [0.29, 0.717) is 11.1 Å². The van der Waals surface area contributed by atoms with Crippen LogP contribution < -0.4 is 10.6 Å². The lowest BCUT2D eigenvalue weighted by molar-refractivity contribution is -0.127. The smallest absolute Gasteiger partial charge is 0.337 e. The molecule has 0 spiro atoms. The number of nitrogens with zero attached hydrogens (tertiary/aromatic N) is 2. The maximum Gasteiger partial charge on any atom is 0.337 e. The first-order chi connectivity index (χ1) is 17.2. The molecular weight excluding hydrogens is 467 g/mol. The van der Waals surface area contributed by atoms with E-state index in [-0.39, 0.29) is 11.4 Å². The molecule has 1 aliphatic heterocycles. The largest absolute Gasteiger partial charge is 0.465 e. The van der Waals surface area contributed by atoms with Gasteiger partial charge in [0.05, 0.1) is 18.4 Å². The van der Waals surface area contributed by atoms with Gasteiger partial charge in [0, 0.05) is 17.1 Å². The molecule has 0 atom stereocenters. The highest BCUT2D eigenvalue weighted by Gasteiger charge is 2.35. The SMILES string of the molecule is COC(=O)c1ccc(-n2c(C)cc(/C=C3/NC(=O)N(CC(=O)Nc4ccccc4F)C3=O)c2C)cc1. The topological polar surface area (TPSA) is 110 Å². The predicted octanol–water partition coefficient (Wildman–Crippen LogP) is 3.55. The third-order valence-electron chi connectivity index (χ3n) is 5.73. The van der Waals surface area contributed by atoms with E-state index in [0.717, 1.165) is 22.0 Å². The molecular formula is C26H23FN4O5. The quantitative estimate of drug-likeness (QED) is 0.312. The van der Waals surface area contributed by atoms with Gasteiger partial charge in [-0.3, -0.25) is 9.59 Å². The summed E-state index contributed by atoms with van der Waals surface area (Å²) in [7, 11) is 1.32. The molecule has 36 heavy (non-hydrogen) atoms. The van der Waals surface area contributed by atoms with Gasteiger partial charge in [0.1, 0.15) is 18.1 Å². The van der Waals surface area contributed by atoms with Crippen LogP contribution in [0.15, 0.2) is 60.3 Å². The first kappa shape index (κ1) is 24.4. The number of hydrogen-bond acceptors (Lipinski definition) is 5. The molecule has 184 valence electrons. The van der Waals surface area contributed by atoms with Gasteiger partial charge in [0.25, 0.3) is 5.91 Å². The first-order valence-corrected chi connectivity index (χ1v) is 11.0. The summed E-state index contributed by atoms with van der Waals surface area (Å²) in [5.74, 6) is -2.44. The number of rotatable bonds is 6. The number of esters is 1. The van der Waals surface area contributed by atoms with Crippen LogP contribution in [0.25, 0.3) is 11.8 Å². The standard InChI is InChI=1S/C26H23FN4O5/c1-15-12-18(16(2)31(15)19-10-8-17(9-11-19)25(34)36-3)13-22-24(33)30(26(35)29-22)14-23(32)28-21-7-5-4-6-20(21)27/h4-13H,14H2,1-3H3,(H,28,32)(H,29,35)/b22-13+. The fourth-order valence-corrected chi connectivity index (χ4v) is 3.96. The van der Waals surface area contributed by atoms with Gasteiger partial charge in [-0.15, -0.1) is 0 Å². The van der Waals surface area contributed by atoms with Crippen molar-refractivity contribution in [2.75, 3.05) is 19.0 Å². The molecule has 3 aromatic rings. The van der Waals surface area contributed by atoms with E-state index in [1.54, 1.807) is 30.3 Å². The lowest BCUT2D eigenvalue weighted by atomic mass is 10.2. The average molecular weight is 490 g/mol. The van der Waals surface area contributed by atoms with E-state index in [4.69, 9.17) is 4.74 Å². The second-order valence-corrected chi connectivity index (χ2v) is 8.11. The summed E-state index contributed by atoms with van der Waals surface area (Å²) in [5, 5.41) is 4.84. The number of carbonyl (C=O) groups is 4. The minimum absolute atomic E-state index is 0.0139. The fourth-order valence-electron chi connectivity index (χ4n) is 3.96. The number of aryl methyl sites for hydroxylation is 1. The minimum atomic E-state index is -0.748. The van der Waals surface area contributed by atoms with Crippen molar-refractivity contribution >= 4 is 35.6 Å². The summed E-state index contributed by atoms with van der Waals surface area (Å²) < 4.78 is 20.4. The highest BCUT2D eigenvalue weighted by Crippen LogP contribution is 2.24. The number of ether oxygens (including phenoxy) is 1. The van der Waals surface area contributed by atoms with Crippen LogP contribution in [0, 0.1) is 19.7 Å². The number of urea groups is 1. The summed E-state index contributed by atoms with van der Waals surface area (Å²) in [5.41, 5.74) is 3.54. The summed E-state index contributed by atoms with van der Waals surface area (Å²) in [6, 6.07) is 13.6. The molecule has 0 radical (unpaired) electrons. The van der Waals surface area contributed by atoms with Crippen LogP contribution in [0.2, 0.25) is 0 Å². The molecule has 2 N–H and O–H groups in total. The highest BCUT2D eigenvalue weighted by atomic mass is 19.1. The molecule has 1 aromatic heterocycles. The summed E-state index contributed by atoms with van der Waals surface area (Å²) in [6.07, 6.45) is 1.54. The van der Waals surface area contributed by atoms with E-state index < -0.39 is 36.2 Å². The van der Waals surface area contributed by atoms with Crippen LogP contribution in [-0.4, -0.2) is 46.9 Å². The number of amides is 4. The van der Waals surface area contributed by atoms with Crippen LogP contribution in [0.3, 0.4) is 0 Å². The Morgan fingerprint density at radius 3 is 2.44 bits per heavy atom. The van der Waals surface area contributed by atoms with Crippen molar-refractivity contribution in [1.29, 1.82) is 0 Å². The van der Waals surface area contributed by atoms with Crippen molar-refractivity contribution in [3.8, 4) is 5.69 Å². The van der Waals surface area contributed by atoms with E-state index in [1.807, 2.05) is 24.5 Å². The Kier molecular flexibility index (Phi) is 6.69. The van der Waals surface area contributed by atoms with Gasteiger partial charge in [-0.1, -0.05) is 12.1 Å². The zero-order valence-corrected chi connectivity index (χ0v) is 19.8. The van der Waals surface area contributed by atoms with Crippen molar-refractivity contribution in [3.05, 3.63) is 88.6 Å². The Hall–Kier alpha value is -4.73. The third kappa shape index (κ3) is 4.74. The number of aromatic nitrogens is 1. The highest BCUT2D eigenvalue weighted by molar-refractivity contribution is 6.16. The second-order valence-electron chi connectivity index (χ2n) is 8.11. The Morgan fingerprint density at radius 2 is 1.78 bits per heavy atom. The molecule has 0 bridgehead atoms. The van der Waals surface area contributed by atoms with Gasteiger partial charge < -0.3 is 19.9 Å². The van der Waals surface area contributed by atoms with Gasteiger partial charge in [0.15, 0.2) is 0 Å². The Bertz CT molecular complexity index is 1410. The number of para-hydroxylation sites is 1. The Morgan fingerprint density at radius 1 is 1.08 bits per heavy atom. The number of carbonyl (C=O) groups excluding carboxylic acids is 4. The molecule has 0 unspecified atom stereocenters. The molecule has 2 aromatic carbocycles. The van der Waals surface area contributed by atoms with Crippen LogP contribution in [0.4, 0.5) is 14.9 Å². The number of imide groups is 1. The molecule has 4 amide bonds. The van der Waals surface area contributed by atoms with E-state index >= 15 is 0 Å². The molecule has 0 aliphatic carbocycles.